The van der Waals surface area contributed by atoms with Crippen molar-refractivity contribution in [3.63, 3.8) is 0 Å². The number of carboxylic acid groups (broad SMARTS) is 1. The number of hydrogen-bond acceptors (Lipinski definition) is 3. The summed E-state index contributed by atoms with van der Waals surface area (Å²) in [5, 5.41) is 30.5. The van der Waals surface area contributed by atoms with Crippen LogP contribution in [-0.2, 0) is 4.79 Å². The molecule has 4 fully saturated rings. The molecule has 0 spiro atoms. The van der Waals surface area contributed by atoms with E-state index in [9.17, 15) is 15.0 Å². The van der Waals surface area contributed by atoms with Crippen molar-refractivity contribution < 1.29 is 20.1 Å². The fourth-order valence-electron chi connectivity index (χ4n) is 8.16. The van der Waals surface area contributed by atoms with E-state index in [1.165, 1.54) is 11.1 Å². The second-order valence-corrected chi connectivity index (χ2v) is 10.9. The van der Waals surface area contributed by atoms with Crippen LogP contribution in [0.5, 0.6) is 0 Å². The van der Waals surface area contributed by atoms with Crippen LogP contribution < -0.4 is 0 Å². The molecule has 0 saturated heterocycles. The third-order valence-corrected chi connectivity index (χ3v) is 9.67. The highest BCUT2D eigenvalue weighted by Gasteiger charge is 2.61. The van der Waals surface area contributed by atoms with E-state index in [2.05, 4.69) is 20.8 Å². The Labute approximate surface area is 169 Å². The van der Waals surface area contributed by atoms with Gasteiger partial charge in [-0.05, 0) is 99.2 Å². The van der Waals surface area contributed by atoms with Gasteiger partial charge in [0.2, 0.25) is 0 Å². The van der Waals surface area contributed by atoms with E-state index in [1.54, 1.807) is 0 Å². The first-order chi connectivity index (χ1) is 13.2. The summed E-state index contributed by atoms with van der Waals surface area (Å²) >= 11 is 0. The summed E-state index contributed by atoms with van der Waals surface area (Å²) < 4.78 is 0. The van der Waals surface area contributed by atoms with E-state index < -0.39 is 5.97 Å². The SMILES string of the molecule is C/C(CCC(=O)O)=C1/CCC2C3C(CC[C@]12C)[C@@]1(C)CC[C@@H](O)C[C@H]1C[C@H]3O. The van der Waals surface area contributed by atoms with Gasteiger partial charge < -0.3 is 15.3 Å². The van der Waals surface area contributed by atoms with Crippen LogP contribution in [0.4, 0.5) is 0 Å². The minimum atomic E-state index is -0.718. The van der Waals surface area contributed by atoms with Crippen LogP contribution in [0, 0.1) is 34.5 Å². The Morgan fingerprint density at radius 1 is 1.04 bits per heavy atom. The van der Waals surface area contributed by atoms with Gasteiger partial charge in [0.05, 0.1) is 12.2 Å². The average Bonchev–Trinajstić information content (AvgIpc) is 2.98. The lowest BCUT2D eigenvalue weighted by molar-refractivity contribution is -0.164. The van der Waals surface area contributed by atoms with Crippen molar-refractivity contribution in [2.24, 2.45) is 34.5 Å². The van der Waals surface area contributed by atoms with E-state index in [0.29, 0.717) is 30.1 Å². The highest BCUT2D eigenvalue weighted by molar-refractivity contribution is 5.67. The molecule has 0 heterocycles. The first-order valence-electron chi connectivity index (χ1n) is 11.4. The number of rotatable bonds is 3. The van der Waals surface area contributed by atoms with Gasteiger partial charge >= 0.3 is 5.97 Å². The second kappa shape index (κ2) is 7.12. The lowest BCUT2D eigenvalue weighted by atomic mass is 9.44. The van der Waals surface area contributed by atoms with E-state index in [-0.39, 0.29) is 29.5 Å². The number of allylic oxidation sites excluding steroid dienone is 2. The predicted molar refractivity (Wildman–Crippen MR) is 109 cm³/mol. The van der Waals surface area contributed by atoms with Gasteiger partial charge in [0.25, 0.3) is 0 Å². The van der Waals surface area contributed by atoms with Crippen LogP contribution in [0.3, 0.4) is 0 Å². The molecular formula is C24H38O4. The molecule has 0 aromatic carbocycles. The third-order valence-electron chi connectivity index (χ3n) is 9.67. The van der Waals surface area contributed by atoms with Gasteiger partial charge in [0.1, 0.15) is 0 Å². The maximum Gasteiger partial charge on any atom is 0.303 e. The molecule has 28 heavy (non-hydrogen) atoms. The molecule has 8 atom stereocenters. The molecular weight excluding hydrogens is 352 g/mol. The first-order valence-corrected chi connectivity index (χ1v) is 11.4. The Kier molecular flexibility index (Phi) is 5.19. The molecule has 4 saturated carbocycles. The topological polar surface area (TPSA) is 77.8 Å². The van der Waals surface area contributed by atoms with Gasteiger partial charge in [-0.15, -0.1) is 0 Å². The molecule has 0 amide bonds. The molecule has 0 radical (unpaired) electrons. The fraction of sp³-hybridized carbons (Fsp3) is 0.875. The smallest absolute Gasteiger partial charge is 0.303 e. The van der Waals surface area contributed by atoms with Crippen molar-refractivity contribution in [2.45, 2.75) is 97.2 Å². The Morgan fingerprint density at radius 2 is 1.79 bits per heavy atom. The summed E-state index contributed by atoms with van der Waals surface area (Å²) in [5.41, 5.74) is 3.16. The predicted octanol–water partition coefficient (Wildman–Crippen LogP) is 4.54. The number of carboxylic acids is 1. The number of aliphatic hydroxyl groups excluding tert-OH is 2. The van der Waals surface area contributed by atoms with Crippen molar-refractivity contribution in [2.75, 3.05) is 0 Å². The molecule has 4 heteroatoms. The molecule has 3 unspecified atom stereocenters. The van der Waals surface area contributed by atoms with Gasteiger partial charge in [0, 0.05) is 6.42 Å². The Hall–Kier alpha value is -0.870. The number of fused-ring (bicyclic) bond motifs is 5. The van der Waals surface area contributed by atoms with Crippen LogP contribution >= 0.6 is 0 Å². The fourth-order valence-corrected chi connectivity index (χ4v) is 8.16. The van der Waals surface area contributed by atoms with Gasteiger partial charge in [-0.1, -0.05) is 25.0 Å². The van der Waals surface area contributed by atoms with Crippen molar-refractivity contribution in [1.29, 1.82) is 0 Å². The Morgan fingerprint density at radius 3 is 2.50 bits per heavy atom. The van der Waals surface area contributed by atoms with Crippen LogP contribution in [-0.4, -0.2) is 33.5 Å². The summed E-state index contributed by atoms with van der Waals surface area (Å²) in [5.74, 6) is 1.17. The highest BCUT2D eigenvalue weighted by atomic mass is 16.4. The van der Waals surface area contributed by atoms with Crippen LogP contribution in [0.15, 0.2) is 11.1 Å². The third kappa shape index (κ3) is 3.06. The number of hydrogen-bond donors (Lipinski definition) is 3. The van der Waals surface area contributed by atoms with E-state index >= 15 is 0 Å². The zero-order valence-corrected chi connectivity index (χ0v) is 17.8. The summed E-state index contributed by atoms with van der Waals surface area (Å²) in [7, 11) is 0. The molecule has 0 aromatic heterocycles. The lowest BCUT2D eigenvalue weighted by Gasteiger charge is -2.61. The molecule has 0 aromatic rings. The highest BCUT2D eigenvalue weighted by Crippen LogP contribution is 2.67. The normalized spacial score (nSPS) is 49.8. The second-order valence-electron chi connectivity index (χ2n) is 10.9. The van der Waals surface area contributed by atoms with Gasteiger partial charge in [-0.25, -0.2) is 0 Å². The largest absolute Gasteiger partial charge is 0.481 e. The standard InChI is InChI=1S/C24H38O4/c1-14(4-7-21(27)28)17-5-6-18-22-19(9-11-24(17,18)3)23(2)10-8-16(25)12-15(23)13-20(22)26/h15-16,18-20,22,25-26H,4-13H2,1-3H3,(H,27,28)/b17-14+/t15-,16+,18?,19?,20+,22?,23-,24+/m0/s1. The van der Waals surface area contributed by atoms with Gasteiger partial charge in [0.15, 0.2) is 0 Å². The van der Waals surface area contributed by atoms with Crippen LogP contribution in [0.25, 0.3) is 0 Å². The molecule has 158 valence electrons. The minimum Gasteiger partial charge on any atom is -0.481 e. The number of aliphatic carboxylic acids is 1. The van der Waals surface area contributed by atoms with Crippen LogP contribution in [0.2, 0.25) is 0 Å². The van der Waals surface area contributed by atoms with Crippen LogP contribution in [0.1, 0.15) is 85.0 Å². The molecule has 0 aliphatic heterocycles. The minimum absolute atomic E-state index is 0.127. The first kappa shape index (κ1) is 20.4. The zero-order chi connectivity index (χ0) is 20.3. The van der Waals surface area contributed by atoms with Crippen molar-refractivity contribution in [3.8, 4) is 0 Å². The lowest BCUT2D eigenvalue weighted by Crippen LogP contribution is -2.58. The molecule has 4 aliphatic rings. The quantitative estimate of drug-likeness (QED) is 0.618. The maximum absolute atomic E-state index is 11.2. The van der Waals surface area contributed by atoms with E-state index in [1.807, 2.05) is 0 Å². The van der Waals surface area contributed by atoms with Crippen molar-refractivity contribution >= 4 is 5.97 Å². The zero-order valence-electron chi connectivity index (χ0n) is 17.8. The molecule has 4 aliphatic carbocycles. The van der Waals surface area contributed by atoms with E-state index in [0.717, 1.165) is 51.4 Å². The molecule has 4 nitrogen and oxygen atoms in total. The summed E-state index contributed by atoms with van der Waals surface area (Å²) in [6.45, 7) is 6.97. The Bertz CT molecular complexity index is 670. The average molecular weight is 391 g/mol. The Balaban J connectivity index is 1.62. The summed E-state index contributed by atoms with van der Waals surface area (Å²) in [4.78, 5) is 11.0. The van der Waals surface area contributed by atoms with Crippen molar-refractivity contribution in [1.82, 2.24) is 0 Å². The van der Waals surface area contributed by atoms with Gasteiger partial charge in [-0.2, -0.15) is 0 Å². The van der Waals surface area contributed by atoms with E-state index in [4.69, 9.17) is 5.11 Å². The van der Waals surface area contributed by atoms with Gasteiger partial charge in [-0.3, -0.25) is 4.79 Å². The molecule has 4 rings (SSSR count). The maximum atomic E-state index is 11.2. The number of carbonyl (C=O) groups is 1. The monoisotopic (exact) mass is 390 g/mol. The van der Waals surface area contributed by atoms with Crippen molar-refractivity contribution in [3.05, 3.63) is 11.1 Å². The summed E-state index contributed by atoms with van der Waals surface area (Å²) in [6, 6.07) is 0. The molecule has 3 N–H and O–H groups in total. The summed E-state index contributed by atoms with van der Waals surface area (Å²) in [6.07, 6.45) is 8.67. The molecule has 0 bridgehead atoms. The number of aliphatic hydroxyl groups is 2.